The zero-order valence-electron chi connectivity index (χ0n) is 31.0. The number of nitrogens with zero attached hydrogens (tertiary/aromatic N) is 4. The predicted octanol–water partition coefficient (Wildman–Crippen LogP) is 6.71. The largest absolute Gasteiger partial charge is 0.545 e. The van der Waals surface area contributed by atoms with Crippen LogP contribution >= 0.6 is 0 Å². The lowest BCUT2D eigenvalue weighted by atomic mass is 9.98. The monoisotopic (exact) mass is 726 g/mol. The molecule has 2 N–H and O–H groups in total. The molecule has 2 amide bonds. The number of aliphatic hydroxyl groups is 1. The molecule has 280 valence electrons. The normalized spacial score (nSPS) is 19.9. The smallest absolute Gasteiger partial charge is 0.449 e. The number of hydrogen-bond donors (Lipinski definition) is 2. The highest BCUT2D eigenvalue weighted by atomic mass is 16.6. The fraction of sp³-hybridized carbons (Fsp3) is 0.475. The van der Waals surface area contributed by atoms with Gasteiger partial charge in [0.1, 0.15) is 12.1 Å². The van der Waals surface area contributed by atoms with E-state index in [1.54, 1.807) is 17.3 Å². The summed E-state index contributed by atoms with van der Waals surface area (Å²) in [7, 11) is 1.35. The van der Waals surface area contributed by atoms with E-state index in [9.17, 15) is 14.7 Å². The third-order valence-corrected chi connectivity index (χ3v) is 10.8. The topological polar surface area (TPSA) is 155 Å². The molecule has 0 saturated carbocycles. The molecule has 0 bridgehead atoms. The molecule has 3 aliphatic heterocycles. The van der Waals surface area contributed by atoms with Crippen molar-refractivity contribution in [3.8, 4) is 45.6 Å². The fourth-order valence-corrected chi connectivity index (χ4v) is 7.26. The van der Waals surface area contributed by atoms with Gasteiger partial charge in [0.05, 0.1) is 19.5 Å². The highest BCUT2D eigenvalue weighted by Crippen LogP contribution is 2.48. The third kappa shape index (κ3) is 7.34. The highest BCUT2D eigenvalue weighted by Gasteiger charge is 2.41. The van der Waals surface area contributed by atoms with Crippen LogP contribution in [0.15, 0.2) is 57.6 Å². The second-order valence-corrected chi connectivity index (χ2v) is 14.3. The Morgan fingerprint density at radius 3 is 1.92 bits per heavy atom. The lowest BCUT2D eigenvalue weighted by molar-refractivity contribution is -0.516. The number of carbonyl (C=O) groups excluding carboxylic acids is 2. The van der Waals surface area contributed by atoms with Gasteiger partial charge in [-0.3, -0.25) is 9.59 Å². The molecular weight excluding hydrogens is 678 g/mol. The van der Waals surface area contributed by atoms with Crippen molar-refractivity contribution in [3.05, 3.63) is 60.6 Å². The Bertz CT molecular complexity index is 1990. The molecule has 13 heteroatoms. The van der Waals surface area contributed by atoms with Crippen LogP contribution < -0.4 is 14.5 Å². The minimum absolute atomic E-state index is 0.0455. The van der Waals surface area contributed by atoms with Gasteiger partial charge in [0.15, 0.2) is 34.5 Å². The molecule has 4 aromatic rings. The highest BCUT2D eigenvalue weighted by molar-refractivity contribution is 5.82. The molecule has 2 saturated heterocycles. The summed E-state index contributed by atoms with van der Waals surface area (Å²) in [4.78, 5) is 42.4. The van der Waals surface area contributed by atoms with E-state index in [1.165, 1.54) is 7.11 Å². The molecule has 2 aromatic heterocycles. The Labute approximate surface area is 309 Å². The lowest BCUT2D eigenvalue weighted by Crippen LogP contribution is -2.85. The molecule has 5 heterocycles. The molecule has 5 atom stereocenters. The molecule has 2 aromatic carbocycles. The Balaban J connectivity index is 1.04. The molecule has 2 fully saturated rings. The first-order chi connectivity index (χ1) is 25.7. The van der Waals surface area contributed by atoms with E-state index in [0.29, 0.717) is 71.6 Å². The molecule has 13 nitrogen and oxygen atoms in total. The second-order valence-electron chi connectivity index (χ2n) is 14.3. The second kappa shape index (κ2) is 15.3. The number of ether oxygens (including phenoxy) is 3. The number of aromatic nitrogens is 2. The number of rotatable bonds is 11. The van der Waals surface area contributed by atoms with E-state index in [4.69, 9.17) is 23.0 Å². The van der Waals surface area contributed by atoms with Gasteiger partial charge in [-0.2, -0.15) is 4.99 Å². The number of aliphatic hydroxyl groups excluding tert-OH is 1. The number of carbonyl (C=O) groups is 2. The number of likely N-dealkylation sites (tertiary alicyclic amines) is 2. The molecule has 7 rings (SSSR count). The summed E-state index contributed by atoms with van der Waals surface area (Å²) in [5, 5.41) is 10.0. The van der Waals surface area contributed by atoms with E-state index < -0.39 is 6.04 Å². The van der Waals surface area contributed by atoms with E-state index in [1.807, 2.05) is 55.1 Å². The molecule has 53 heavy (non-hydrogen) atoms. The van der Waals surface area contributed by atoms with Crippen LogP contribution in [0.2, 0.25) is 0 Å². The van der Waals surface area contributed by atoms with Crippen LogP contribution in [0.1, 0.15) is 96.5 Å². The zero-order valence-corrected chi connectivity index (χ0v) is 31.0. The van der Waals surface area contributed by atoms with Crippen molar-refractivity contribution >= 4 is 17.9 Å². The van der Waals surface area contributed by atoms with Gasteiger partial charge in [-0.25, -0.2) is 9.97 Å². The maximum atomic E-state index is 13.7. The maximum absolute atomic E-state index is 13.7. The zero-order chi connectivity index (χ0) is 37.2. The molecule has 3 aliphatic rings. The summed E-state index contributed by atoms with van der Waals surface area (Å²) in [5.74, 6) is 4.62. The SMILES string of the molecule is CC[C@H](C)CC(=O)N1CCC[C@H]1c1ncc(-c2ccc3c(c2)Oc2ccc(-c4cnc([C@@H]5CCCN5C(=O)[C@@H]([NH+]=C(O)OC)[C@@H](C)CC)o4)cc2O3)o1. The van der Waals surface area contributed by atoms with Gasteiger partial charge in [0.25, 0.3) is 5.91 Å². The minimum atomic E-state index is -0.654. The first-order valence-corrected chi connectivity index (χ1v) is 18.7. The molecule has 0 unspecified atom stereocenters. The van der Waals surface area contributed by atoms with Crippen LogP contribution in [-0.2, 0) is 14.3 Å². The van der Waals surface area contributed by atoms with Gasteiger partial charge in [0, 0.05) is 36.6 Å². The average Bonchev–Trinajstić information content (AvgIpc) is 4.01. The summed E-state index contributed by atoms with van der Waals surface area (Å²) in [5.41, 5.74) is 1.54. The van der Waals surface area contributed by atoms with E-state index in [2.05, 4.69) is 28.8 Å². The summed E-state index contributed by atoms with van der Waals surface area (Å²) in [6.45, 7) is 9.45. The quantitative estimate of drug-likeness (QED) is 0.111. The summed E-state index contributed by atoms with van der Waals surface area (Å²) in [6.07, 6.45) is 8.50. The lowest BCUT2D eigenvalue weighted by Gasteiger charge is -2.25. The van der Waals surface area contributed by atoms with Crippen molar-refractivity contribution < 1.29 is 42.7 Å². The molecule has 0 aliphatic carbocycles. The van der Waals surface area contributed by atoms with Crippen molar-refractivity contribution in [2.45, 2.75) is 90.8 Å². The first-order valence-electron chi connectivity index (χ1n) is 18.7. The van der Waals surface area contributed by atoms with Crippen LogP contribution in [-0.4, -0.2) is 69.0 Å². The van der Waals surface area contributed by atoms with Gasteiger partial charge in [0.2, 0.25) is 23.7 Å². The number of oxazole rings is 2. The number of amides is 2. The number of benzene rings is 2. The standard InChI is InChI=1S/C40H47N5O8/c1-6-23(3)18-35(46)44-16-8-10-27(44)37-41-21-33(52-37)25-12-14-29-31(19-25)50-30-15-13-26(20-32(30)51-29)34-22-42-38(53-34)28-11-9-17-45(28)39(47)36(24(4)7-2)43-40(48)49-5/h12-15,19-24,27-28,36H,6-11,16-18H2,1-5H3,(H,43,48)/p+1/t23-,24-,27-,28-,36-/m0/s1. The van der Waals surface area contributed by atoms with Gasteiger partial charge >= 0.3 is 6.08 Å². The van der Waals surface area contributed by atoms with Gasteiger partial charge in [-0.05, 0) is 74.4 Å². The van der Waals surface area contributed by atoms with E-state index in [0.717, 1.165) is 49.8 Å². The summed E-state index contributed by atoms with van der Waals surface area (Å²) in [6, 6.07) is 10.0. The van der Waals surface area contributed by atoms with Gasteiger partial charge < -0.3 is 38.0 Å². The van der Waals surface area contributed by atoms with Crippen LogP contribution in [0.3, 0.4) is 0 Å². The number of fused-ring (bicyclic) bond motifs is 2. The Hall–Kier alpha value is -5.33. The van der Waals surface area contributed by atoms with Crippen LogP contribution in [0.25, 0.3) is 22.6 Å². The van der Waals surface area contributed by atoms with Crippen molar-refractivity contribution in [1.29, 1.82) is 0 Å². The van der Waals surface area contributed by atoms with E-state index >= 15 is 0 Å². The number of hydrogen-bond acceptors (Lipinski definition) is 9. The van der Waals surface area contributed by atoms with Gasteiger partial charge in [-0.15, -0.1) is 0 Å². The maximum Gasteiger partial charge on any atom is 0.545 e. The molecular formula is C40H48N5O8+. The minimum Gasteiger partial charge on any atom is -0.449 e. The summed E-state index contributed by atoms with van der Waals surface area (Å²) >= 11 is 0. The van der Waals surface area contributed by atoms with Crippen molar-refractivity contribution in [2.75, 3.05) is 20.2 Å². The molecule has 0 spiro atoms. The average molecular weight is 727 g/mol. The van der Waals surface area contributed by atoms with Crippen LogP contribution in [0, 0.1) is 11.8 Å². The Morgan fingerprint density at radius 1 is 0.849 bits per heavy atom. The van der Waals surface area contributed by atoms with Crippen molar-refractivity contribution in [2.24, 2.45) is 11.8 Å². The fourth-order valence-electron chi connectivity index (χ4n) is 7.26. The predicted molar refractivity (Wildman–Crippen MR) is 194 cm³/mol. The third-order valence-electron chi connectivity index (χ3n) is 10.8. The number of nitrogens with one attached hydrogen (secondary N) is 1. The van der Waals surface area contributed by atoms with Crippen LogP contribution in [0.4, 0.5) is 0 Å². The summed E-state index contributed by atoms with van der Waals surface area (Å²) < 4.78 is 30.0. The van der Waals surface area contributed by atoms with Crippen molar-refractivity contribution in [3.63, 3.8) is 0 Å². The van der Waals surface area contributed by atoms with Gasteiger partial charge in [-0.1, -0.05) is 34.1 Å². The Kier molecular flexibility index (Phi) is 10.4. The van der Waals surface area contributed by atoms with Crippen molar-refractivity contribution in [1.82, 2.24) is 19.8 Å². The van der Waals surface area contributed by atoms with Crippen LogP contribution in [0.5, 0.6) is 23.0 Å². The first kappa shape index (κ1) is 36.0. The number of methoxy groups -OCH3 is 1. The Morgan fingerprint density at radius 2 is 1.40 bits per heavy atom. The molecule has 0 radical (unpaired) electrons. The van der Waals surface area contributed by atoms with E-state index in [-0.39, 0.29) is 35.9 Å².